The Morgan fingerprint density at radius 2 is 1.86 bits per heavy atom. The van der Waals surface area contributed by atoms with Crippen LogP contribution in [0.5, 0.6) is 0 Å². The highest BCUT2D eigenvalue weighted by molar-refractivity contribution is 5.78. The zero-order chi connectivity index (χ0) is 20.4. The van der Waals surface area contributed by atoms with Gasteiger partial charge in [-0.2, -0.15) is 0 Å². The van der Waals surface area contributed by atoms with Crippen LogP contribution in [0.15, 0.2) is 36.7 Å². The van der Waals surface area contributed by atoms with Crippen LogP contribution in [0.2, 0.25) is 0 Å². The Balaban J connectivity index is 1.26. The van der Waals surface area contributed by atoms with Crippen molar-refractivity contribution in [3.05, 3.63) is 48.0 Å². The van der Waals surface area contributed by atoms with Crippen LogP contribution in [0, 0.1) is 6.92 Å². The molecule has 0 radical (unpaired) electrons. The number of imidazole rings is 1. The number of aliphatic hydroxyl groups is 1. The smallest absolute Gasteiger partial charge is 0.236 e. The third-order valence-electron chi connectivity index (χ3n) is 6.28. The van der Waals surface area contributed by atoms with E-state index in [2.05, 4.69) is 46.0 Å². The molecule has 7 nitrogen and oxygen atoms in total. The molecule has 2 saturated heterocycles. The molecule has 2 aliphatic rings. The van der Waals surface area contributed by atoms with Gasteiger partial charge >= 0.3 is 0 Å². The maximum atomic E-state index is 12.8. The molecule has 0 atom stereocenters. The molecule has 1 aromatic carbocycles. The summed E-state index contributed by atoms with van der Waals surface area (Å²) in [6.07, 6.45) is 4.79. The number of rotatable bonds is 4. The van der Waals surface area contributed by atoms with Crippen LogP contribution in [0.4, 0.5) is 5.69 Å². The van der Waals surface area contributed by atoms with Crippen LogP contribution in [0.3, 0.4) is 0 Å². The first-order valence-corrected chi connectivity index (χ1v) is 10.5. The third kappa shape index (κ3) is 4.31. The van der Waals surface area contributed by atoms with Crippen molar-refractivity contribution in [3.8, 4) is 0 Å². The van der Waals surface area contributed by atoms with Crippen molar-refractivity contribution < 1.29 is 9.90 Å². The number of piperazine rings is 1. The van der Waals surface area contributed by atoms with Gasteiger partial charge in [0.2, 0.25) is 5.91 Å². The maximum absolute atomic E-state index is 12.8. The summed E-state index contributed by atoms with van der Waals surface area (Å²) in [5.74, 6) is 0.909. The molecule has 2 fully saturated rings. The molecule has 0 bridgehead atoms. The first kappa shape index (κ1) is 19.9. The number of likely N-dealkylation sites (tertiary alicyclic amines) is 1. The molecule has 0 spiro atoms. The van der Waals surface area contributed by atoms with Crippen molar-refractivity contribution >= 4 is 11.6 Å². The Labute approximate surface area is 172 Å². The first-order valence-electron chi connectivity index (χ1n) is 10.5. The zero-order valence-electron chi connectivity index (χ0n) is 17.4. The van der Waals surface area contributed by atoms with Crippen molar-refractivity contribution in [2.45, 2.75) is 25.4 Å². The van der Waals surface area contributed by atoms with Crippen molar-refractivity contribution in [2.24, 2.45) is 7.05 Å². The molecule has 1 aromatic heterocycles. The second-order valence-electron chi connectivity index (χ2n) is 8.38. The Morgan fingerprint density at radius 3 is 2.48 bits per heavy atom. The van der Waals surface area contributed by atoms with Crippen LogP contribution < -0.4 is 4.90 Å². The Morgan fingerprint density at radius 1 is 1.14 bits per heavy atom. The standard InChI is InChI=1S/C22H31N5O2/c1-18-4-3-5-19(16-18)26-12-14-27(15-13-26)20(28)17-25-9-6-22(29,7-10-25)21-23-8-11-24(21)2/h3-5,8,11,16,29H,6-7,9-10,12-15,17H2,1-2H3. The van der Waals surface area contributed by atoms with Crippen LogP contribution in [0.1, 0.15) is 24.2 Å². The minimum absolute atomic E-state index is 0.191. The van der Waals surface area contributed by atoms with Crippen molar-refractivity contribution in [2.75, 3.05) is 50.7 Å². The lowest BCUT2D eigenvalue weighted by atomic mass is 9.90. The van der Waals surface area contributed by atoms with Gasteiger partial charge in [-0.25, -0.2) is 4.98 Å². The van der Waals surface area contributed by atoms with Crippen LogP contribution >= 0.6 is 0 Å². The molecule has 1 amide bonds. The van der Waals surface area contributed by atoms with E-state index in [1.807, 2.05) is 22.7 Å². The second kappa shape index (κ2) is 8.16. The second-order valence-corrected chi connectivity index (χ2v) is 8.38. The SMILES string of the molecule is Cc1cccc(N2CCN(C(=O)CN3CCC(O)(c4nccn4C)CC3)CC2)c1. The molecule has 29 heavy (non-hydrogen) atoms. The molecule has 3 heterocycles. The van der Waals surface area contributed by atoms with Gasteiger partial charge in [0.05, 0.1) is 6.54 Å². The summed E-state index contributed by atoms with van der Waals surface area (Å²) in [6, 6.07) is 8.54. The number of hydrogen-bond acceptors (Lipinski definition) is 5. The van der Waals surface area contributed by atoms with E-state index in [1.165, 1.54) is 11.3 Å². The summed E-state index contributed by atoms with van der Waals surface area (Å²) in [5.41, 5.74) is 1.61. The Hall–Kier alpha value is -2.38. The highest BCUT2D eigenvalue weighted by Crippen LogP contribution is 2.31. The molecule has 2 aliphatic heterocycles. The zero-order valence-corrected chi connectivity index (χ0v) is 17.4. The number of benzene rings is 1. The molecule has 2 aromatic rings. The first-order chi connectivity index (χ1) is 13.9. The summed E-state index contributed by atoms with van der Waals surface area (Å²) in [4.78, 5) is 23.6. The monoisotopic (exact) mass is 397 g/mol. The number of carbonyl (C=O) groups excluding carboxylic acids is 1. The van der Waals surface area contributed by atoms with E-state index >= 15 is 0 Å². The number of hydrogen-bond donors (Lipinski definition) is 1. The van der Waals surface area contributed by atoms with E-state index in [0.29, 0.717) is 32.5 Å². The van der Waals surface area contributed by atoms with Crippen LogP contribution in [-0.2, 0) is 17.4 Å². The van der Waals surface area contributed by atoms with Gasteiger partial charge in [0.15, 0.2) is 0 Å². The topological polar surface area (TPSA) is 64.8 Å². The van der Waals surface area contributed by atoms with Gasteiger partial charge in [0, 0.05) is 64.4 Å². The average molecular weight is 398 g/mol. The predicted molar refractivity (Wildman–Crippen MR) is 113 cm³/mol. The van der Waals surface area contributed by atoms with E-state index < -0.39 is 5.60 Å². The number of aryl methyl sites for hydroxylation is 2. The van der Waals surface area contributed by atoms with Gasteiger partial charge in [-0.1, -0.05) is 12.1 Å². The fourth-order valence-electron chi connectivity index (χ4n) is 4.45. The molecule has 4 rings (SSSR count). The number of aromatic nitrogens is 2. The normalized spacial score (nSPS) is 20.1. The Bertz CT molecular complexity index is 848. The summed E-state index contributed by atoms with van der Waals surface area (Å²) >= 11 is 0. The quantitative estimate of drug-likeness (QED) is 0.844. The highest BCUT2D eigenvalue weighted by atomic mass is 16.3. The van der Waals surface area contributed by atoms with Gasteiger partial charge in [0.25, 0.3) is 0 Å². The molecular weight excluding hydrogens is 366 g/mol. The number of nitrogens with zero attached hydrogens (tertiary/aromatic N) is 5. The number of carbonyl (C=O) groups is 1. The molecule has 156 valence electrons. The van der Waals surface area contributed by atoms with E-state index in [9.17, 15) is 9.90 Å². The number of piperidine rings is 1. The Kier molecular flexibility index (Phi) is 5.61. The fraction of sp³-hybridized carbons (Fsp3) is 0.545. The molecule has 0 aliphatic carbocycles. The van der Waals surface area contributed by atoms with Crippen molar-refractivity contribution in [1.29, 1.82) is 0 Å². The predicted octanol–water partition coefficient (Wildman–Crippen LogP) is 1.36. The van der Waals surface area contributed by atoms with E-state index in [4.69, 9.17) is 0 Å². The van der Waals surface area contributed by atoms with Crippen LogP contribution in [-0.4, -0.2) is 76.2 Å². The van der Waals surface area contributed by atoms with E-state index in [1.54, 1.807) is 6.20 Å². The van der Waals surface area contributed by atoms with Gasteiger partial charge in [-0.05, 0) is 37.5 Å². The van der Waals surface area contributed by atoms with Gasteiger partial charge in [-0.15, -0.1) is 0 Å². The summed E-state index contributed by atoms with van der Waals surface area (Å²) in [6.45, 7) is 7.21. The minimum Gasteiger partial charge on any atom is -0.382 e. The summed E-state index contributed by atoms with van der Waals surface area (Å²) in [7, 11) is 1.91. The van der Waals surface area contributed by atoms with E-state index in [-0.39, 0.29) is 5.91 Å². The minimum atomic E-state index is -0.892. The molecular formula is C22H31N5O2. The van der Waals surface area contributed by atoms with Crippen molar-refractivity contribution in [1.82, 2.24) is 19.4 Å². The molecule has 7 heteroatoms. The molecule has 1 N–H and O–H groups in total. The van der Waals surface area contributed by atoms with Gasteiger partial charge in [0.1, 0.15) is 11.4 Å². The molecule has 0 unspecified atom stereocenters. The third-order valence-corrected chi connectivity index (χ3v) is 6.28. The molecule has 0 saturated carbocycles. The van der Waals surface area contributed by atoms with Gasteiger partial charge < -0.3 is 19.5 Å². The van der Waals surface area contributed by atoms with E-state index in [0.717, 1.165) is 32.0 Å². The average Bonchev–Trinajstić information content (AvgIpc) is 3.17. The fourth-order valence-corrected chi connectivity index (χ4v) is 4.45. The lowest BCUT2D eigenvalue weighted by molar-refractivity contribution is -0.134. The highest BCUT2D eigenvalue weighted by Gasteiger charge is 2.37. The maximum Gasteiger partial charge on any atom is 0.236 e. The van der Waals surface area contributed by atoms with Crippen molar-refractivity contribution in [3.63, 3.8) is 0 Å². The summed E-state index contributed by atoms with van der Waals surface area (Å²) in [5, 5.41) is 11.0. The number of anilines is 1. The largest absolute Gasteiger partial charge is 0.382 e. The van der Waals surface area contributed by atoms with Gasteiger partial charge in [-0.3, -0.25) is 9.69 Å². The number of amides is 1. The lowest BCUT2D eigenvalue weighted by Crippen LogP contribution is -2.53. The van der Waals surface area contributed by atoms with Crippen LogP contribution in [0.25, 0.3) is 0 Å². The summed E-state index contributed by atoms with van der Waals surface area (Å²) < 4.78 is 1.88. The lowest BCUT2D eigenvalue weighted by Gasteiger charge is -2.39.